The molecule has 0 fully saturated rings. The molecule has 0 saturated heterocycles. The van der Waals surface area contributed by atoms with Crippen molar-refractivity contribution in [1.82, 2.24) is 4.90 Å². The molecule has 23 heavy (non-hydrogen) atoms. The zero-order valence-corrected chi connectivity index (χ0v) is 16.2. The molecule has 0 N–H and O–H groups in total. The van der Waals surface area contributed by atoms with Gasteiger partial charge in [0.25, 0.3) is 0 Å². The summed E-state index contributed by atoms with van der Waals surface area (Å²) in [4.78, 5) is 26.2. The standard InChI is InChI=1S/C18H25NO3Se/c1-13(2)12-19(18(3,4)5)16(20)15(17(21)22-6)23-14-10-8-7-9-11-14/h7-11,15H,1,12H2,2-6H3. The first kappa shape index (κ1) is 19.5. The minimum absolute atomic E-state index is 0.198. The van der Waals surface area contributed by atoms with Gasteiger partial charge in [0, 0.05) is 0 Å². The molecule has 0 aliphatic heterocycles. The number of amides is 1. The number of esters is 1. The van der Waals surface area contributed by atoms with Gasteiger partial charge in [-0.25, -0.2) is 0 Å². The van der Waals surface area contributed by atoms with Crippen LogP contribution in [0.15, 0.2) is 42.5 Å². The average Bonchev–Trinajstić information content (AvgIpc) is 2.48. The predicted molar refractivity (Wildman–Crippen MR) is 93.9 cm³/mol. The van der Waals surface area contributed by atoms with Crippen LogP contribution >= 0.6 is 0 Å². The minimum atomic E-state index is -0.784. The van der Waals surface area contributed by atoms with Gasteiger partial charge < -0.3 is 0 Å². The van der Waals surface area contributed by atoms with E-state index in [0.717, 1.165) is 10.0 Å². The molecule has 0 heterocycles. The van der Waals surface area contributed by atoms with Gasteiger partial charge in [0.05, 0.1) is 0 Å². The van der Waals surface area contributed by atoms with E-state index < -0.39 is 16.3 Å². The van der Waals surface area contributed by atoms with E-state index in [9.17, 15) is 9.59 Å². The summed E-state index contributed by atoms with van der Waals surface area (Å²) in [5, 5.41) is 0. The van der Waals surface area contributed by atoms with Crippen LogP contribution < -0.4 is 4.46 Å². The van der Waals surface area contributed by atoms with Crippen molar-refractivity contribution >= 4 is 31.3 Å². The quantitative estimate of drug-likeness (QED) is 0.328. The van der Waals surface area contributed by atoms with Crippen molar-refractivity contribution in [2.24, 2.45) is 0 Å². The Hall–Kier alpha value is -1.58. The van der Waals surface area contributed by atoms with Crippen LogP contribution in [0.1, 0.15) is 27.7 Å². The number of methoxy groups -OCH3 is 1. The number of hydrogen-bond donors (Lipinski definition) is 0. The van der Waals surface area contributed by atoms with Crippen molar-refractivity contribution in [1.29, 1.82) is 0 Å². The van der Waals surface area contributed by atoms with Crippen LogP contribution in [0.2, 0.25) is 4.82 Å². The summed E-state index contributed by atoms with van der Waals surface area (Å²) in [7, 11) is 1.32. The van der Waals surface area contributed by atoms with Gasteiger partial charge in [-0.15, -0.1) is 0 Å². The molecule has 4 nitrogen and oxygen atoms in total. The van der Waals surface area contributed by atoms with Gasteiger partial charge in [0.1, 0.15) is 0 Å². The maximum atomic E-state index is 13.0. The van der Waals surface area contributed by atoms with Crippen LogP contribution in [-0.4, -0.2) is 50.9 Å². The van der Waals surface area contributed by atoms with Crippen LogP contribution in [-0.2, 0) is 14.3 Å². The topological polar surface area (TPSA) is 46.6 Å². The Labute approximate surface area is 145 Å². The van der Waals surface area contributed by atoms with Gasteiger partial charge in [0.2, 0.25) is 0 Å². The van der Waals surface area contributed by atoms with Crippen molar-refractivity contribution in [3.05, 3.63) is 42.5 Å². The number of carbonyl (C=O) groups excluding carboxylic acids is 2. The normalized spacial score (nSPS) is 12.4. The summed E-state index contributed by atoms with van der Waals surface area (Å²) in [6.45, 7) is 12.1. The van der Waals surface area contributed by atoms with Gasteiger partial charge in [-0.05, 0) is 0 Å². The van der Waals surface area contributed by atoms with Crippen LogP contribution in [0.3, 0.4) is 0 Å². The van der Waals surface area contributed by atoms with E-state index in [-0.39, 0.29) is 20.9 Å². The second-order valence-corrected chi connectivity index (χ2v) is 8.86. The molecule has 1 amide bonds. The molecular weight excluding hydrogens is 357 g/mol. The van der Waals surface area contributed by atoms with E-state index in [0.29, 0.717) is 6.54 Å². The molecule has 5 heteroatoms. The van der Waals surface area contributed by atoms with E-state index in [4.69, 9.17) is 4.74 Å². The zero-order valence-electron chi connectivity index (χ0n) is 14.5. The van der Waals surface area contributed by atoms with Gasteiger partial charge in [0.15, 0.2) is 0 Å². The number of rotatable bonds is 6. The number of ether oxygens (including phenoxy) is 1. The van der Waals surface area contributed by atoms with Crippen LogP contribution in [0.5, 0.6) is 0 Å². The fourth-order valence-electron chi connectivity index (χ4n) is 2.00. The predicted octanol–water partition coefficient (Wildman–Crippen LogP) is 2.18. The Balaban J connectivity index is 3.10. The third kappa shape index (κ3) is 5.85. The van der Waals surface area contributed by atoms with E-state index in [1.165, 1.54) is 7.11 Å². The summed E-state index contributed by atoms with van der Waals surface area (Å²) in [6, 6.07) is 9.60. The number of carbonyl (C=O) groups is 2. The number of benzene rings is 1. The molecule has 1 aromatic rings. The van der Waals surface area contributed by atoms with Crippen LogP contribution in [0, 0.1) is 0 Å². The van der Waals surface area contributed by atoms with Gasteiger partial charge in [-0.2, -0.15) is 0 Å². The summed E-state index contributed by atoms with van der Waals surface area (Å²) in [6.07, 6.45) is 0. The zero-order chi connectivity index (χ0) is 17.6. The molecule has 0 aliphatic carbocycles. The first-order valence-electron chi connectivity index (χ1n) is 7.42. The summed E-state index contributed by atoms with van der Waals surface area (Å²) in [5.74, 6) is -0.675. The van der Waals surface area contributed by atoms with Crippen molar-refractivity contribution in [3.63, 3.8) is 0 Å². The molecule has 0 saturated carbocycles. The molecular formula is C18H25NO3Se. The van der Waals surface area contributed by atoms with E-state index in [2.05, 4.69) is 6.58 Å². The second kappa shape index (κ2) is 8.32. The van der Waals surface area contributed by atoms with E-state index >= 15 is 0 Å². The number of nitrogens with zero attached hydrogens (tertiary/aromatic N) is 1. The molecule has 0 radical (unpaired) electrons. The summed E-state index contributed by atoms with van der Waals surface area (Å²) >= 11 is -0.329. The third-order valence-corrected chi connectivity index (χ3v) is 5.60. The third-order valence-electron chi connectivity index (χ3n) is 3.14. The molecule has 0 spiro atoms. The molecule has 0 bridgehead atoms. The van der Waals surface area contributed by atoms with Crippen molar-refractivity contribution in [2.45, 2.75) is 38.1 Å². The molecule has 0 aromatic heterocycles. The molecule has 0 aliphatic rings. The van der Waals surface area contributed by atoms with E-state index in [1.807, 2.05) is 58.0 Å². The Bertz CT molecular complexity index is 563. The first-order chi connectivity index (χ1) is 10.7. The van der Waals surface area contributed by atoms with Gasteiger partial charge >= 0.3 is 145 Å². The average molecular weight is 382 g/mol. The van der Waals surface area contributed by atoms with Crippen molar-refractivity contribution < 1.29 is 14.3 Å². The number of hydrogen-bond acceptors (Lipinski definition) is 3. The van der Waals surface area contributed by atoms with Crippen LogP contribution in [0.4, 0.5) is 0 Å². The second-order valence-electron chi connectivity index (χ2n) is 6.39. The molecule has 1 rings (SSSR count). The summed E-state index contributed by atoms with van der Waals surface area (Å²) < 4.78 is 5.87. The fraction of sp³-hybridized carbons (Fsp3) is 0.444. The van der Waals surface area contributed by atoms with Crippen LogP contribution in [0.25, 0.3) is 0 Å². The van der Waals surface area contributed by atoms with E-state index in [1.54, 1.807) is 4.90 Å². The first-order valence-corrected chi connectivity index (χ1v) is 9.26. The molecule has 1 unspecified atom stereocenters. The summed E-state index contributed by atoms with van der Waals surface area (Å²) in [5.41, 5.74) is 0.485. The van der Waals surface area contributed by atoms with Gasteiger partial charge in [-0.3, -0.25) is 0 Å². The monoisotopic (exact) mass is 383 g/mol. The van der Waals surface area contributed by atoms with Crippen molar-refractivity contribution in [3.8, 4) is 0 Å². The van der Waals surface area contributed by atoms with Crippen molar-refractivity contribution in [2.75, 3.05) is 13.7 Å². The fourth-order valence-corrected chi connectivity index (χ4v) is 4.11. The van der Waals surface area contributed by atoms with Gasteiger partial charge in [-0.1, -0.05) is 0 Å². The Morgan fingerprint density at radius 2 is 1.83 bits per heavy atom. The Morgan fingerprint density at radius 1 is 1.26 bits per heavy atom. The Kier molecular flexibility index (Phi) is 7.04. The molecule has 126 valence electrons. The SMILES string of the molecule is C=C(C)CN(C(=O)C([Se]c1ccccc1)C(=O)OC)C(C)(C)C. The molecule has 1 atom stereocenters. The molecule has 1 aromatic carbocycles. The maximum absolute atomic E-state index is 13.0. The Morgan fingerprint density at radius 3 is 2.26 bits per heavy atom.